The zero-order valence-corrected chi connectivity index (χ0v) is 17.7. The van der Waals surface area contributed by atoms with E-state index >= 15 is 0 Å². The Morgan fingerprint density at radius 3 is 2.84 bits per heavy atom. The predicted octanol–water partition coefficient (Wildman–Crippen LogP) is 2.69. The highest BCUT2D eigenvalue weighted by Crippen LogP contribution is 2.38. The van der Waals surface area contributed by atoms with E-state index in [0.29, 0.717) is 42.1 Å². The van der Waals surface area contributed by atoms with Gasteiger partial charge in [-0.1, -0.05) is 0 Å². The standard InChI is InChI=1S/C22H25FN6O3/c1-24-20-10-19(26-16-3-2-6-28(22(16)32)17-9-15(17)23)27-21-14(11-25-29(20)21)18(31)8-12-4-5-13(30)7-12/h2-3,6,10-13,15,17,24,30H,4-5,7-9H2,1H3,(H,26,27)/t12-,13+,15+,17+/m0/s1. The number of halogens is 1. The van der Waals surface area contributed by atoms with E-state index in [-0.39, 0.29) is 29.1 Å². The van der Waals surface area contributed by atoms with Crippen LogP contribution in [-0.4, -0.2) is 49.4 Å². The molecular formula is C22H25FN6O3. The number of fused-ring (bicyclic) bond motifs is 1. The fraction of sp³-hybridized carbons (Fsp3) is 0.455. The number of pyridine rings is 1. The molecule has 0 radical (unpaired) electrons. The molecule has 2 aliphatic carbocycles. The first kappa shape index (κ1) is 20.6. The fourth-order valence-corrected chi connectivity index (χ4v) is 4.45. The molecule has 3 aromatic rings. The van der Waals surface area contributed by atoms with E-state index in [2.05, 4.69) is 20.7 Å². The van der Waals surface area contributed by atoms with Crippen LogP contribution in [0.15, 0.2) is 35.4 Å². The lowest BCUT2D eigenvalue weighted by molar-refractivity contribution is 0.0959. The van der Waals surface area contributed by atoms with E-state index in [9.17, 15) is 19.1 Å². The summed E-state index contributed by atoms with van der Waals surface area (Å²) in [6, 6.07) is 4.58. The number of hydrogen-bond donors (Lipinski definition) is 3. The van der Waals surface area contributed by atoms with Gasteiger partial charge in [0.2, 0.25) is 0 Å². The molecule has 2 aliphatic rings. The number of aliphatic hydroxyl groups excluding tert-OH is 1. The van der Waals surface area contributed by atoms with Crippen molar-refractivity contribution in [2.75, 3.05) is 17.7 Å². The zero-order chi connectivity index (χ0) is 22.4. The van der Waals surface area contributed by atoms with E-state index < -0.39 is 12.2 Å². The summed E-state index contributed by atoms with van der Waals surface area (Å²) in [6.07, 6.45) is 4.63. The number of ketones is 1. The molecule has 2 fully saturated rings. The van der Waals surface area contributed by atoms with Crippen LogP contribution in [0.1, 0.15) is 48.5 Å². The van der Waals surface area contributed by atoms with Crippen molar-refractivity contribution >= 4 is 28.8 Å². The van der Waals surface area contributed by atoms with Gasteiger partial charge in [0.25, 0.3) is 5.56 Å². The minimum atomic E-state index is -0.991. The van der Waals surface area contributed by atoms with E-state index in [1.165, 1.54) is 10.8 Å². The Balaban J connectivity index is 1.46. The number of Topliss-reactive ketones (excluding diaryl/α,β-unsaturated/α-hetero) is 1. The Hall–Kier alpha value is -3.27. The molecule has 3 heterocycles. The predicted molar refractivity (Wildman–Crippen MR) is 117 cm³/mol. The van der Waals surface area contributed by atoms with Crippen molar-refractivity contribution in [1.82, 2.24) is 19.2 Å². The molecule has 0 amide bonds. The van der Waals surface area contributed by atoms with Crippen molar-refractivity contribution in [2.24, 2.45) is 5.92 Å². The van der Waals surface area contributed by atoms with Gasteiger partial charge in [0, 0.05) is 32.2 Å². The largest absolute Gasteiger partial charge is 0.393 e. The Morgan fingerprint density at radius 2 is 2.16 bits per heavy atom. The third-order valence-electron chi connectivity index (χ3n) is 6.29. The van der Waals surface area contributed by atoms with E-state index in [1.807, 2.05) is 0 Å². The monoisotopic (exact) mass is 440 g/mol. The first-order valence-corrected chi connectivity index (χ1v) is 10.8. The quantitative estimate of drug-likeness (QED) is 0.484. The Kier molecular flexibility index (Phi) is 5.16. The number of nitrogens with one attached hydrogen (secondary N) is 2. The van der Waals surface area contributed by atoms with Crippen molar-refractivity contribution < 1.29 is 14.3 Å². The molecule has 3 N–H and O–H groups in total. The maximum Gasteiger partial charge on any atom is 0.274 e. The SMILES string of the molecule is CNc1cc(Nc2cccn([C@@H]3C[C@H]3F)c2=O)nc2c(C(=O)C[C@H]3CC[C@@H](O)C3)cnn12. The number of rotatable bonds is 7. The van der Waals surface area contributed by atoms with Crippen molar-refractivity contribution in [1.29, 1.82) is 0 Å². The number of aromatic nitrogens is 4. The van der Waals surface area contributed by atoms with Crippen molar-refractivity contribution in [3.63, 3.8) is 0 Å². The van der Waals surface area contributed by atoms with Crippen LogP contribution in [0.4, 0.5) is 21.7 Å². The molecule has 0 unspecified atom stereocenters. The summed E-state index contributed by atoms with van der Waals surface area (Å²) in [6.45, 7) is 0. The molecule has 10 heteroatoms. The minimum absolute atomic E-state index is 0.0735. The molecule has 3 aromatic heterocycles. The second-order valence-electron chi connectivity index (χ2n) is 8.61. The number of nitrogens with zero attached hydrogens (tertiary/aromatic N) is 4. The highest BCUT2D eigenvalue weighted by atomic mass is 19.1. The van der Waals surface area contributed by atoms with Gasteiger partial charge in [-0.25, -0.2) is 9.37 Å². The average Bonchev–Trinajstić information content (AvgIpc) is 3.14. The summed E-state index contributed by atoms with van der Waals surface area (Å²) < 4.78 is 16.4. The maximum atomic E-state index is 13.5. The Bertz CT molecular complexity index is 1240. The lowest BCUT2D eigenvalue weighted by Crippen LogP contribution is -2.22. The number of aliphatic hydroxyl groups is 1. The second-order valence-corrected chi connectivity index (χ2v) is 8.61. The fourth-order valence-electron chi connectivity index (χ4n) is 4.45. The summed E-state index contributed by atoms with van der Waals surface area (Å²) in [7, 11) is 1.73. The molecule has 0 aliphatic heterocycles. The lowest BCUT2D eigenvalue weighted by Gasteiger charge is -2.12. The maximum absolute atomic E-state index is 13.5. The molecule has 0 saturated heterocycles. The number of alkyl halides is 1. The van der Waals surface area contributed by atoms with Gasteiger partial charge in [-0.05, 0) is 37.3 Å². The smallest absolute Gasteiger partial charge is 0.274 e. The molecule has 32 heavy (non-hydrogen) atoms. The summed E-state index contributed by atoms with van der Waals surface area (Å²) >= 11 is 0. The minimum Gasteiger partial charge on any atom is -0.393 e. The van der Waals surface area contributed by atoms with E-state index in [4.69, 9.17) is 0 Å². The van der Waals surface area contributed by atoms with Crippen LogP contribution < -0.4 is 16.2 Å². The van der Waals surface area contributed by atoms with Crippen LogP contribution >= 0.6 is 0 Å². The first-order chi connectivity index (χ1) is 15.4. The molecule has 0 aromatic carbocycles. The summed E-state index contributed by atoms with van der Waals surface area (Å²) in [5, 5.41) is 20.1. The second kappa shape index (κ2) is 8.01. The number of hydrogen-bond acceptors (Lipinski definition) is 7. The number of anilines is 3. The summed E-state index contributed by atoms with van der Waals surface area (Å²) in [5.74, 6) is 1.04. The molecule has 0 spiro atoms. The van der Waals surface area contributed by atoms with Crippen LogP contribution in [0.25, 0.3) is 5.65 Å². The molecule has 5 rings (SSSR count). The van der Waals surface area contributed by atoms with Gasteiger partial charge in [0.15, 0.2) is 11.4 Å². The number of carbonyl (C=O) groups is 1. The van der Waals surface area contributed by atoms with Crippen LogP contribution in [-0.2, 0) is 0 Å². The zero-order valence-electron chi connectivity index (χ0n) is 17.7. The molecule has 168 valence electrons. The van der Waals surface area contributed by atoms with Gasteiger partial charge < -0.3 is 20.3 Å². The third kappa shape index (κ3) is 3.75. The first-order valence-electron chi connectivity index (χ1n) is 10.8. The Labute approximate surface area is 183 Å². The number of carbonyl (C=O) groups excluding carboxylic acids is 1. The van der Waals surface area contributed by atoms with Gasteiger partial charge >= 0.3 is 0 Å². The summed E-state index contributed by atoms with van der Waals surface area (Å²) in [5.41, 5.74) is 0.730. The topological polar surface area (TPSA) is 114 Å². The molecule has 2 saturated carbocycles. The molecular weight excluding hydrogens is 415 g/mol. The van der Waals surface area contributed by atoms with Crippen molar-refractivity contribution in [3.8, 4) is 0 Å². The van der Waals surface area contributed by atoms with Crippen molar-refractivity contribution in [2.45, 2.75) is 50.4 Å². The van der Waals surface area contributed by atoms with Crippen LogP contribution in [0, 0.1) is 5.92 Å². The highest BCUT2D eigenvalue weighted by Gasteiger charge is 2.39. The van der Waals surface area contributed by atoms with Crippen LogP contribution in [0.5, 0.6) is 0 Å². The lowest BCUT2D eigenvalue weighted by atomic mass is 9.98. The van der Waals surface area contributed by atoms with Gasteiger partial charge in [0.1, 0.15) is 23.5 Å². The van der Waals surface area contributed by atoms with E-state index in [1.54, 1.807) is 36.0 Å². The molecule has 9 nitrogen and oxygen atoms in total. The van der Waals surface area contributed by atoms with Crippen molar-refractivity contribution in [3.05, 3.63) is 46.5 Å². The average molecular weight is 440 g/mol. The Morgan fingerprint density at radius 1 is 1.34 bits per heavy atom. The van der Waals surface area contributed by atoms with E-state index in [0.717, 1.165) is 12.8 Å². The molecule has 4 atom stereocenters. The molecule has 0 bridgehead atoms. The van der Waals surface area contributed by atoms with Gasteiger partial charge in [-0.2, -0.15) is 9.61 Å². The van der Waals surface area contributed by atoms with Gasteiger partial charge in [-0.3, -0.25) is 9.59 Å². The van der Waals surface area contributed by atoms with Gasteiger partial charge in [0.05, 0.1) is 23.9 Å². The highest BCUT2D eigenvalue weighted by molar-refractivity contribution is 6.01. The van der Waals surface area contributed by atoms with Crippen LogP contribution in [0.3, 0.4) is 0 Å². The normalized spacial score (nSPS) is 24.6. The third-order valence-corrected chi connectivity index (χ3v) is 6.29. The summed E-state index contributed by atoms with van der Waals surface area (Å²) in [4.78, 5) is 30.3. The van der Waals surface area contributed by atoms with Crippen LogP contribution in [0.2, 0.25) is 0 Å². The van der Waals surface area contributed by atoms with Gasteiger partial charge in [-0.15, -0.1) is 0 Å².